The number of ether oxygens (including phenoxy) is 3. The summed E-state index contributed by atoms with van der Waals surface area (Å²) in [6.07, 6.45) is 4.78. The van der Waals surface area contributed by atoms with Gasteiger partial charge in [0.25, 0.3) is 0 Å². The van der Waals surface area contributed by atoms with E-state index in [2.05, 4.69) is 29.3 Å². The second kappa shape index (κ2) is 8.80. The molecule has 0 radical (unpaired) electrons. The zero-order valence-electron chi connectivity index (χ0n) is 18.0. The Labute approximate surface area is 174 Å². The lowest BCUT2D eigenvalue weighted by molar-refractivity contribution is 0.00293. The molecule has 6 nitrogen and oxygen atoms in total. The van der Waals surface area contributed by atoms with Gasteiger partial charge in [-0.1, -0.05) is 13.0 Å². The molecule has 0 spiro atoms. The molecule has 2 N–H and O–H groups in total. The number of aliphatic hydroxyl groups excluding tert-OH is 1. The number of methoxy groups -OCH3 is 1. The van der Waals surface area contributed by atoms with Gasteiger partial charge in [0.15, 0.2) is 11.5 Å². The molecule has 3 aliphatic rings. The molecule has 3 fully saturated rings. The fraction of sp³-hybridized carbons (Fsp3) is 0.739. The van der Waals surface area contributed by atoms with E-state index in [4.69, 9.17) is 14.2 Å². The Hall–Kier alpha value is -1.34. The van der Waals surface area contributed by atoms with E-state index in [1.807, 2.05) is 13.0 Å². The van der Waals surface area contributed by atoms with Crippen LogP contribution in [0.4, 0.5) is 0 Å². The van der Waals surface area contributed by atoms with Crippen molar-refractivity contribution >= 4 is 0 Å². The molecule has 6 heteroatoms. The average molecular weight is 405 g/mol. The van der Waals surface area contributed by atoms with Crippen molar-refractivity contribution in [1.82, 2.24) is 10.2 Å². The normalized spacial score (nSPS) is 32.4. The molecular formula is C23H36N2O4. The van der Waals surface area contributed by atoms with Gasteiger partial charge in [0, 0.05) is 31.0 Å². The first-order valence-corrected chi connectivity index (χ1v) is 11.1. The van der Waals surface area contributed by atoms with Crippen LogP contribution in [-0.2, 0) is 4.74 Å². The molecule has 162 valence electrons. The van der Waals surface area contributed by atoms with Gasteiger partial charge in [0.05, 0.1) is 38.7 Å². The molecule has 2 heterocycles. The molecular weight excluding hydrogens is 368 g/mol. The molecule has 1 aromatic carbocycles. The SMILES string of the molecule is COc1ccc([C@@H]2CN(C3COCCN3)C[C@@]2(C)[C@@H](C)O)cc1OC1CCCC1. The van der Waals surface area contributed by atoms with Crippen molar-refractivity contribution < 1.29 is 19.3 Å². The zero-order valence-corrected chi connectivity index (χ0v) is 18.0. The molecule has 0 amide bonds. The highest BCUT2D eigenvalue weighted by Gasteiger charge is 2.48. The molecule has 1 aliphatic carbocycles. The highest BCUT2D eigenvalue weighted by molar-refractivity contribution is 5.45. The smallest absolute Gasteiger partial charge is 0.161 e. The Morgan fingerprint density at radius 1 is 1.28 bits per heavy atom. The molecule has 4 atom stereocenters. The maximum atomic E-state index is 10.7. The average Bonchev–Trinajstić information content (AvgIpc) is 3.37. The molecule has 29 heavy (non-hydrogen) atoms. The molecule has 2 aliphatic heterocycles. The number of nitrogens with one attached hydrogen (secondary N) is 1. The molecule has 1 unspecified atom stereocenters. The minimum Gasteiger partial charge on any atom is -0.493 e. The van der Waals surface area contributed by atoms with Crippen LogP contribution in [0.3, 0.4) is 0 Å². The lowest BCUT2D eigenvalue weighted by Crippen LogP contribution is -2.52. The number of nitrogens with zero attached hydrogens (tertiary/aromatic N) is 1. The first kappa shape index (κ1) is 20.9. The first-order valence-electron chi connectivity index (χ1n) is 11.1. The lowest BCUT2D eigenvalue weighted by atomic mass is 9.72. The number of likely N-dealkylation sites (tertiary alicyclic amines) is 1. The Kier molecular flexibility index (Phi) is 6.35. The summed E-state index contributed by atoms with van der Waals surface area (Å²) in [6.45, 7) is 8.18. The van der Waals surface area contributed by atoms with E-state index in [1.165, 1.54) is 18.4 Å². The van der Waals surface area contributed by atoms with E-state index in [1.54, 1.807) is 7.11 Å². The predicted octanol–water partition coefficient (Wildman–Crippen LogP) is 2.75. The molecule has 1 saturated carbocycles. The van der Waals surface area contributed by atoms with Crippen molar-refractivity contribution in [3.8, 4) is 11.5 Å². The van der Waals surface area contributed by atoms with E-state index < -0.39 is 6.10 Å². The third kappa shape index (κ3) is 4.26. The van der Waals surface area contributed by atoms with Gasteiger partial charge in [-0.3, -0.25) is 10.2 Å². The maximum absolute atomic E-state index is 10.7. The van der Waals surface area contributed by atoms with Crippen LogP contribution >= 0.6 is 0 Å². The van der Waals surface area contributed by atoms with Crippen molar-refractivity contribution in [2.24, 2.45) is 5.41 Å². The van der Waals surface area contributed by atoms with Gasteiger partial charge >= 0.3 is 0 Å². The van der Waals surface area contributed by atoms with E-state index in [0.29, 0.717) is 6.61 Å². The number of benzene rings is 1. The fourth-order valence-electron chi connectivity index (χ4n) is 5.18. The van der Waals surface area contributed by atoms with Crippen LogP contribution in [-0.4, -0.2) is 68.3 Å². The number of rotatable bonds is 6. The highest BCUT2D eigenvalue weighted by Crippen LogP contribution is 2.47. The lowest BCUT2D eigenvalue weighted by Gasteiger charge is -2.35. The summed E-state index contributed by atoms with van der Waals surface area (Å²) in [5.74, 6) is 1.84. The molecule has 0 aromatic heterocycles. The topological polar surface area (TPSA) is 63.2 Å². The van der Waals surface area contributed by atoms with Gasteiger partial charge < -0.3 is 19.3 Å². The number of aliphatic hydroxyl groups is 1. The number of hydrogen-bond acceptors (Lipinski definition) is 6. The fourth-order valence-corrected chi connectivity index (χ4v) is 5.18. The van der Waals surface area contributed by atoms with Crippen molar-refractivity contribution in [2.45, 2.75) is 63.8 Å². The minimum absolute atomic E-state index is 0.208. The predicted molar refractivity (Wildman–Crippen MR) is 113 cm³/mol. The quantitative estimate of drug-likeness (QED) is 0.760. The third-order valence-electron chi connectivity index (χ3n) is 7.24. The summed E-state index contributed by atoms with van der Waals surface area (Å²) < 4.78 is 17.6. The van der Waals surface area contributed by atoms with E-state index in [9.17, 15) is 5.11 Å². The van der Waals surface area contributed by atoms with E-state index >= 15 is 0 Å². The maximum Gasteiger partial charge on any atom is 0.161 e. The summed E-state index contributed by atoms with van der Waals surface area (Å²) in [5, 5.41) is 14.3. The monoisotopic (exact) mass is 404 g/mol. The third-order valence-corrected chi connectivity index (χ3v) is 7.24. The second-order valence-electron chi connectivity index (χ2n) is 9.14. The molecule has 1 aromatic rings. The van der Waals surface area contributed by atoms with Crippen LogP contribution in [0, 0.1) is 5.41 Å². The zero-order chi connectivity index (χ0) is 20.4. The summed E-state index contributed by atoms with van der Waals surface area (Å²) in [5.41, 5.74) is 0.972. The van der Waals surface area contributed by atoms with Gasteiger partial charge in [-0.2, -0.15) is 0 Å². The summed E-state index contributed by atoms with van der Waals surface area (Å²) in [7, 11) is 1.70. The second-order valence-corrected chi connectivity index (χ2v) is 9.14. The summed E-state index contributed by atoms with van der Waals surface area (Å²) >= 11 is 0. The number of hydrogen-bond donors (Lipinski definition) is 2. The van der Waals surface area contributed by atoms with Gasteiger partial charge in [0.1, 0.15) is 0 Å². The van der Waals surface area contributed by atoms with E-state index in [0.717, 1.165) is 50.6 Å². The van der Waals surface area contributed by atoms with Crippen molar-refractivity contribution in [1.29, 1.82) is 0 Å². The van der Waals surface area contributed by atoms with Crippen LogP contribution in [0.5, 0.6) is 11.5 Å². The highest BCUT2D eigenvalue weighted by atomic mass is 16.5. The number of morpholine rings is 1. The van der Waals surface area contributed by atoms with Gasteiger partial charge in [-0.15, -0.1) is 0 Å². The Morgan fingerprint density at radius 3 is 2.72 bits per heavy atom. The standard InChI is InChI=1S/C23H36N2O4/c1-16(26)23(2)15-25(22-14-28-11-10-24-22)13-19(23)17-8-9-20(27-3)21(12-17)29-18-6-4-5-7-18/h8-9,12,16,18-19,22,24,26H,4-7,10-11,13-15H2,1-3H3/t16-,19+,22?,23+/m1/s1. The van der Waals surface area contributed by atoms with Crippen LogP contribution in [0.1, 0.15) is 51.0 Å². The van der Waals surface area contributed by atoms with Crippen LogP contribution < -0.4 is 14.8 Å². The van der Waals surface area contributed by atoms with Gasteiger partial charge in [-0.05, 0) is 50.3 Å². The Bertz CT molecular complexity index is 685. The largest absolute Gasteiger partial charge is 0.493 e. The summed E-state index contributed by atoms with van der Waals surface area (Å²) in [6, 6.07) is 6.31. The van der Waals surface area contributed by atoms with Gasteiger partial charge in [-0.25, -0.2) is 0 Å². The van der Waals surface area contributed by atoms with Crippen LogP contribution in [0.15, 0.2) is 18.2 Å². The first-order chi connectivity index (χ1) is 14.0. The Morgan fingerprint density at radius 2 is 2.07 bits per heavy atom. The molecule has 0 bridgehead atoms. The Balaban J connectivity index is 1.60. The van der Waals surface area contributed by atoms with Crippen molar-refractivity contribution in [3.05, 3.63) is 23.8 Å². The summed E-state index contributed by atoms with van der Waals surface area (Å²) in [4.78, 5) is 2.43. The van der Waals surface area contributed by atoms with Gasteiger partial charge in [0.2, 0.25) is 0 Å². The van der Waals surface area contributed by atoms with E-state index in [-0.39, 0.29) is 23.6 Å². The molecule has 4 rings (SSSR count). The van der Waals surface area contributed by atoms with Crippen LogP contribution in [0.25, 0.3) is 0 Å². The molecule has 2 saturated heterocycles. The van der Waals surface area contributed by atoms with Crippen molar-refractivity contribution in [2.75, 3.05) is 40.0 Å². The van der Waals surface area contributed by atoms with Crippen molar-refractivity contribution in [3.63, 3.8) is 0 Å². The minimum atomic E-state index is -0.414. The van der Waals surface area contributed by atoms with Crippen LogP contribution in [0.2, 0.25) is 0 Å².